The van der Waals surface area contributed by atoms with E-state index in [1.807, 2.05) is 20.8 Å². The minimum atomic E-state index is -0.926. The highest BCUT2D eigenvalue weighted by Crippen LogP contribution is 2.43. The lowest BCUT2D eigenvalue weighted by atomic mass is 9.82. The Morgan fingerprint density at radius 3 is 2.24 bits per heavy atom. The summed E-state index contributed by atoms with van der Waals surface area (Å²) < 4.78 is 0. The first kappa shape index (κ1) is 12.3. The second-order valence-electron chi connectivity index (χ2n) is 4.89. The van der Waals surface area contributed by atoms with Gasteiger partial charge in [-0.25, -0.2) is 0 Å². The molecule has 2 rings (SSSR count). The number of carbonyl (C=O) groups excluding carboxylic acids is 2. The number of rotatable bonds is 1. The Hall–Kier alpha value is -1.15. The number of Topliss-reactive ketones (excluding diaryl/α,β-unsaturated/α-hetero) is 2. The Morgan fingerprint density at radius 2 is 1.71 bits per heavy atom. The van der Waals surface area contributed by atoms with Crippen molar-refractivity contribution in [1.82, 2.24) is 0 Å². The van der Waals surface area contributed by atoms with E-state index in [4.69, 9.17) is 11.6 Å². The van der Waals surface area contributed by atoms with Crippen LogP contribution in [0.1, 0.15) is 52.1 Å². The van der Waals surface area contributed by atoms with Gasteiger partial charge in [-0.1, -0.05) is 18.5 Å². The van der Waals surface area contributed by atoms with Crippen LogP contribution in [0.3, 0.4) is 0 Å². The number of halogens is 1. The van der Waals surface area contributed by atoms with Gasteiger partial charge < -0.3 is 0 Å². The Kier molecular flexibility index (Phi) is 2.66. The first-order valence-corrected chi connectivity index (χ1v) is 6.11. The average Bonchev–Trinajstić information content (AvgIpc) is 2.49. The molecular weight excluding hydrogens is 236 g/mol. The molecule has 0 radical (unpaired) electrons. The Labute approximate surface area is 106 Å². The third kappa shape index (κ3) is 1.40. The zero-order valence-electron chi connectivity index (χ0n) is 10.5. The standard InChI is InChI=1S/C14H15ClO2/c1-5-14(4)12(16)10-8(3)7(2)6-9(15)11(10)13(14)17/h6H,5H2,1-4H3. The van der Waals surface area contributed by atoms with Gasteiger partial charge in [-0.15, -0.1) is 0 Å². The molecule has 3 heteroatoms. The van der Waals surface area contributed by atoms with Crippen LogP contribution in [0.4, 0.5) is 0 Å². The highest BCUT2D eigenvalue weighted by molar-refractivity contribution is 6.40. The molecule has 1 unspecified atom stereocenters. The lowest BCUT2D eigenvalue weighted by Gasteiger charge is -2.17. The fourth-order valence-electron chi connectivity index (χ4n) is 2.36. The maximum Gasteiger partial charge on any atom is 0.178 e. The molecule has 2 nitrogen and oxygen atoms in total. The summed E-state index contributed by atoms with van der Waals surface area (Å²) in [7, 11) is 0. The molecule has 0 aliphatic heterocycles. The van der Waals surface area contributed by atoms with Crippen molar-refractivity contribution < 1.29 is 9.59 Å². The minimum Gasteiger partial charge on any atom is -0.293 e. The smallest absolute Gasteiger partial charge is 0.178 e. The van der Waals surface area contributed by atoms with E-state index in [-0.39, 0.29) is 11.6 Å². The maximum atomic E-state index is 12.4. The molecule has 1 aliphatic carbocycles. The molecule has 1 atom stereocenters. The molecule has 1 aromatic carbocycles. The summed E-state index contributed by atoms with van der Waals surface area (Å²) in [6.45, 7) is 7.35. The van der Waals surface area contributed by atoms with Gasteiger partial charge in [-0.05, 0) is 44.4 Å². The summed E-state index contributed by atoms with van der Waals surface area (Å²) in [5, 5.41) is 0.402. The fraction of sp³-hybridized carbons (Fsp3) is 0.429. The van der Waals surface area contributed by atoms with E-state index in [0.717, 1.165) is 11.1 Å². The van der Waals surface area contributed by atoms with E-state index in [9.17, 15) is 9.59 Å². The summed E-state index contributed by atoms with van der Waals surface area (Å²) in [6, 6.07) is 1.77. The van der Waals surface area contributed by atoms with Crippen molar-refractivity contribution in [2.75, 3.05) is 0 Å². The van der Waals surface area contributed by atoms with Crippen LogP contribution in [0.15, 0.2) is 6.07 Å². The number of hydrogen-bond acceptors (Lipinski definition) is 2. The number of aryl methyl sites for hydroxylation is 1. The summed E-state index contributed by atoms with van der Waals surface area (Å²) in [6.07, 6.45) is 0.508. The Balaban J connectivity index is 2.83. The first-order valence-electron chi connectivity index (χ1n) is 5.74. The van der Waals surface area contributed by atoms with Crippen LogP contribution in [-0.4, -0.2) is 11.6 Å². The first-order chi connectivity index (χ1) is 7.84. The minimum absolute atomic E-state index is 0.0805. The molecule has 0 N–H and O–H groups in total. The summed E-state index contributed by atoms with van der Waals surface area (Å²) >= 11 is 6.12. The zero-order chi connectivity index (χ0) is 13.0. The number of benzene rings is 1. The predicted octanol–water partition coefficient (Wildman–Crippen LogP) is 3.75. The topological polar surface area (TPSA) is 34.1 Å². The van der Waals surface area contributed by atoms with Gasteiger partial charge >= 0.3 is 0 Å². The molecule has 90 valence electrons. The second-order valence-corrected chi connectivity index (χ2v) is 5.30. The molecule has 0 saturated carbocycles. The summed E-state index contributed by atoms with van der Waals surface area (Å²) in [5.74, 6) is -0.212. The SMILES string of the molecule is CCC1(C)C(=O)c2c(Cl)cc(C)c(C)c2C1=O. The maximum absolute atomic E-state index is 12.4. The largest absolute Gasteiger partial charge is 0.293 e. The normalized spacial score (nSPS) is 23.1. The van der Waals surface area contributed by atoms with Gasteiger partial charge in [0, 0.05) is 11.1 Å². The van der Waals surface area contributed by atoms with Crippen LogP contribution in [0.2, 0.25) is 5.02 Å². The molecule has 1 aromatic rings. The Morgan fingerprint density at radius 1 is 1.18 bits per heavy atom. The van der Waals surface area contributed by atoms with E-state index in [1.165, 1.54) is 0 Å². The molecular formula is C14H15ClO2. The van der Waals surface area contributed by atoms with E-state index < -0.39 is 5.41 Å². The van der Waals surface area contributed by atoms with Crippen LogP contribution >= 0.6 is 11.6 Å². The van der Waals surface area contributed by atoms with Crippen LogP contribution in [0.5, 0.6) is 0 Å². The van der Waals surface area contributed by atoms with E-state index in [0.29, 0.717) is 22.6 Å². The molecule has 0 aromatic heterocycles. The predicted molar refractivity (Wildman–Crippen MR) is 68.0 cm³/mol. The number of ketones is 2. The monoisotopic (exact) mass is 250 g/mol. The third-order valence-electron chi connectivity index (χ3n) is 3.96. The van der Waals surface area contributed by atoms with Gasteiger partial charge in [-0.3, -0.25) is 9.59 Å². The van der Waals surface area contributed by atoms with Gasteiger partial charge in [0.2, 0.25) is 0 Å². The van der Waals surface area contributed by atoms with Crippen molar-refractivity contribution in [3.8, 4) is 0 Å². The second kappa shape index (κ2) is 3.67. The van der Waals surface area contributed by atoms with E-state index >= 15 is 0 Å². The molecule has 17 heavy (non-hydrogen) atoms. The molecule has 0 spiro atoms. The quantitative estimate of drug-likeness (QED) is 0.712. The van der Waals surface area contributed by atoms with Crippen molar-refractivity contribution in [1.29, 1.82) is 0 Å². The van der Waals surface area contributed by atoms with Crippen molar-refractivity contribution in [2.45, 2.75) is 34.1 Å². The molecule has 0 heterocycles. The fourth-order valence-corrected chi connectivity index (χ4v) is 2.70. The van der Waals surface area contributed by atoms with Crippen LogP contribution in [-0.2, 0) is 0 Å². The van der Waals surface area contributed by atoms with Crippen LogP contribution in [0, 0.1) is 19.3 Å². The van der Waals surface area contributed by atoms with Gasteiger partial charge in [0.05, 0.1) is 10.4 Å². The van der Waals surface area contributed by atoms with Crippen molar-refractivity contribution in [3.63, 3.8) is 0 Å². The summed E-state index contributed by atoms with van der Waals surface area (Å²) in [4.78, 5) is 24.7. The molecule has 0 bridgehead atoms. The zero-order valence-corrected chi connectivity index (χ0v) is 11.2. The molecule has 0 fully saturated rings. The molecule has 0 amide bonds. The molecule has 0 saturated heterocycles. The van der Waals surface area contributed by atoms with E-state index in [2.05, 4.69) is 0 Å². The van der Waals surface area contributed by atoms with Gasteiger partial charge in [0.1, 0.15) is 0 Å². The Bertz CT molecular complexity index is 546. The van der Waals surface area contributed by atoms with Gasteiger partial charge in [-0.2, -0.15) is 0 Å². The molecule has 1 aliphatic rings. The lowest BCUT2D eigenvalue weighted by Crippen LogP contribution is -2.28. The highest BCUT2D eigenvalue weighted by Gasteiger charge is 2.49. The third-order valence-corrected chi connectivity index (χ3v) is 4.26. The van der Waals surface area contributed by atoms with Crippen LogP contribution in [0.25, 0.3) is 0 Å². The van der Waals surface area contributed by atoms with Crippen LogP contribution < -0.4 is 0 Å². The number of fused-ring (bicyclic) bond motifs is 1. The van der Waals surface area contributed by atoms with Gasteiger partial charge in [0.15, 0.2) is 11.6 Å². The van der Waals surface area contributed by atoms with E-state index in [1.54, 1.807) is 13.0 Å². The van der Waals surface area contributed by atoms with Crippen molar-refractivity contribution >= 4 is 23.2 Å². The number of hydrogen-bond donors (Lipinski definition) is 0. The van der Waals surface area contributed by atoms with Crippen molar-refractivity contribution in [3.05, 3.63) is 33.3 Å². The highest BCUT2D eigenvalue weighted by atomic mass is 35.5. The van der Waals surface area contributed by atoms with Crippen molar-refractivity contribution in [2.24, 2.45) is 5.41 Å². The van der Waals surface area contributed by atoms with Gasteiger partial charge in [0.25, 0.3) is 0 Å². The average molecular weight is 251 g/mol. The lowest BCUT2D eigenvalue weighted by molar-refractivity contribution is 0.0716. The number of carbonyl (C=O) groups is 2. The summed E-state index contributed by atoms with van der Waals surface area (Å²) in [5.41, 5.74) is 1.86.